The Morgan fingerprint density at radius 2 is 1.45 bits per heavy atom. The molecule has 0 bridgehead atoms. The third-order valence-corrected chi connectivity index (χ3v) is 3.96. The molecule has 20 heavy (non-hydrogen) atoms. The number of aromatic nitrogens is 1. The minimum atomic E-state index is 0.959. The third-order valence-electron chi connectivity index (χ3n) is 3.96. The zero-order chi connectivity index (χ0) is 13.5. The summed E-state index contributed by atoms with van der Waals surface area (Å²) in [6, 6.07) is 17.1. The number of nitrogens with two attached hydrogens (primary N) is 1. The van der Waals surface area contributed by atoms with Gasteiger partial charge in [0.2, 0.25) is 0 Å². The largest absolute Gasteiger partial charge is 0.402 e. The van der Waals surface area contributed by atoms with E-state index in [1.54, 1.807) is 0 Å². The van der Waals surface area contributed by atoms with Crippen molar-refractivity contribution in [3.05, 3.63) is 66.4 Å². The SMILES string of the molecule is NC1=CC(n2c3ccccc3c3ccccc32)=CCC1. The Morgan fingerprint density at radius 1 is 0.850 bits per heavy atom. The van der Waals surface area contributed by atoms with Crippen LogP contribution in [-0.4, -0.2) is 4.57 Å². The molecule has 0 saturated carbocycles. The van der Waals surface area contributed by atoms with E-state index in [4.69, 9.17) is 5.73 Å². The first-order valence-corrected chi connectivity index (χ1v) is 6.99. The van der Waals surface area contributed by atoms with Crippen molar-refractivity contribution < 1.29 is 0 Å². The van der Waals surface area contributed by atoms with E-state index in [1.807, 2.05) is 0 Å². The normalized spacial score (nSPS) is 15.4. The fraction of sp³-hybridized carbons (Fsp3) is 0.111. The van der Waals surface area contributed by atoms with Crippen molar-refractivity contribution in [1.29, 1.82) is 0 Å². The molecule has 0 atom stereocenters. The second-order valence-corrected chi connectivity index (χ2v) is 5.26. The van der Waals surface area contributed by atoms with Crippen LogP contribution in [0.25, 0.3) is 27.5 Å². The molecule has 2 N–H and O–H groups in total. The van der Waals surface area contributed by atoms with Gasteiger partial charge >= 0.3 is 0 Å². The Bertz CT molecular complexity index is 812. The van der Waals surface area contributed by atoms with E-state index < -0.39 is 0 Å². The number of allylic oxidation sites excluding steroid dienone is 4. The molecule has 0 amide bonds. The van der Waals surface area contributed by atoms with Gasteiger partial charge in [-0.2, -0.15) is 0 Å². The first-order chi connectivity index (χ1) is 9.84. The Balaban J connectivity index is 2.13. The minimum absolute atomic E-state index is 0.959. The molecular formula is C18H16N2. The van der Waals surface area contributed by atoms with E-state index in [1.165, 1.54) is 27.5 Å². The maximum Gasteiger partial charge on any atom is 0.0540 e. The molecule has 3 aromatic rings. The van der Waals surface area contributed by atoms with Gasteiger partial charge in [-0.15, -0.1) is 0 Å². The summed E-state index contributed by atoms with van der Waals surface area (Å²) in [5, 5.41) is 2.59. The van der Waals surface area contributed by atoms with Gasteiger partial charge in [-0.25, -0.2) is 0 Å². The fourth-order valence-corrected chi connectivity index (χ4v) is 3.06. The first kappa shape index (κ1) is 11.4. The topological polar surface area (TPSA) is 30.9 Å². The van der Waals surface area contributed by atoms with E-state index in [0.717, 1.165) is 18.5 Å². The lowest BCUT2D eigenvalue weighted by Crippen LogP contribution is -2.05. The highest BCUT2D eigenvalue weighted by Crippen LogP contribution is 2.33. The highest BCUT2D eigenvalue weighted by molar-refractivity contribution is 6.10. The fourth-order valence-electron chi connectivity index (χ4n) is 3.06. The molecule has 0 radical (unpaired) electrons. The first-order valence-electron chi connectivity index (χ1n) is 6.99. The van der Waals surface area contributed by atoms with Crippen molar-refractivity contribution in [2.45, 2.75) is 12.8 Å². The molecule has 4 rings (SSSR count). The predicted molar refractivity (Wildman–Crippen MR) is 85.2 cm³/mol. The summed E-state index contributed by atoms with van der Waals surface area (Å²) in [6.45, 7) is 0. The smallest absolute Gasteiger partial charge is 0.0540 e. The number of para-hydroxylation sites is 2. The average Bonchev–Trinajstić information content (AvgIpc) is 2.82. The van der Waals surface area contributed by atoms with Crippen LogP contribution in [0.5, 0.6) is 0 Å². The van der Waals surface area contributed by atoms with Gasteiger partial charge in [0.15, 0.2) is 0 Å². The molecule has 0 spiro atoms. The van der Waals surface area contributed by atoms with Gasteiger partial charge in [0.05, 0.1) is 11.0 Å². The molecule has 0 unspecified atom stereocenters. The van der Waals surface area contributed by atoms with Crippen LogP contribution in [0.2, 0.25) is 0 Å². The molecule has 0 aliphatic heterocycles. The zero-order valence-corrected chi connectivity index (χ0v) is 11.2. The second-order valence-electron chi connectivity index (χ2n) is 5.26. The van der Waals surface area contributed by atoms with Gasteiger partial charge in [-0.3, -0.25) is 0 Å². The van der Waals surface area contributed by atoms with Gasteiger partial charge in [0, 0.05) is 22.2 Å². The van der Waals surface area contributed by atoms with Crippen LogP contribution in [0.4, 0.5) is 0 Å². The Morgan fingerprint density at radius 3 is 2.05 bits per heavy atom. The number of hydrogen-bond donors (Lipinski definition) is 1. The predicted octanol–water partition coefficient (Wildman–Crippen LogP) is 4.27. The molecule has 2 heteroatoms. The molecular weight excluding hydrogens is 244 g/mol. The molecule has 2 aromatic carbocycles. The summed E-state index contributed by atoms with van der Waals surface area (Å²) in [5.41, 5.74) is 10.7. The van der Waals surface area contributed by atoms with E-state index >= 15 is 0 Å². The van der Waals surface area contributed by atoms with Crippen molar-refractivity contribution in [2.75, 3.05) is 0 Å². The molecule has 0 saturated heterocycles. The maximum atomic E-state index is 6.03. The lowest BCUT2D eigenvalue weighted by molar-refractivity contribution is 0.935. The van der Waals surface area contributed by atoms with E-state index in [9.17, 15) is 0 Å². The minimum Gasteiger partial charge on any atom is -0.402 e. The van der Waals surface area contributed by atoms with E-state index in [2.05, 4.69) is 65.3 Å². The number of hydrogen-bond acceptors (Lipinski definition) is 1. The molecule has 1 aliphatic carbocycles. The summed E-state index contributed by atoms with van der Waals surface area (Å²) < 4.78 is 2.32. The van der Waals surface area contributed by atoms with Gasteiger partial charge in [-0.05, 0) is 31.1 Å². The van der Waals surface area contributed by atoms with Gasteiger partial charge < -0.3 is 10.3 Å². The Labute approximate surface area is 117 Å². The number of benzene rings is 2. The molecule has 0 fully saturated rings. The number of fused-ring (bicyclic) bond motifs is 3. The highest BCUT2D eigenvalue weighted by Gasteiger charge is 2.13. The van der Waals surface area contributed by atoms with Gasteiger partial charge in [0.25, 0.3) is 0 Å². The summed E-state index contributed by atoms with van der Waals surface area (Å²) in [4.78, 5) is 0. The van der Waals surface area contributed by atoms with Crippen LogP contribution in [0.1, 0.15) is 12.8 Å². The second kappa shape index (κ2) is 4.27. The summed E-state index contributed by atoms with van der Waals surface area (Å²) in [5.74, 6) is 0. The lowest BCUT2D eigenvalue weighted by atomic mass is 10.1. The van der Waals surface area contributed by atoms with E-state index in [-0.39, 0.29) is 0 Å². The van der Waals surface area contributed by atoms with Gasteiger partial charge in [-0.1, -0.05) is 42.5 Å². The quantitative estimate of drug-likeness (QED) is 0.696. The monoisotopic (exact) mass is 260 g/mol. The Hall–Kier alpha value is -2.48. The standard InChI is InChI=1S/C18H16N2/c19-13-6-5-7-14(12-13)20-17-10-3-1-8-15(17)16-9-2-4-11-18(16)20/h1-4,7-12H,5-6,19H2. The molecule has 1 heterocycles. The highest BCUT2D eigenvalue weighted by atomic mass is 15.0. The van der Waals surface area contributed by atoms with Crippen molar-refractivity contribution in [3.63, 3.8) is 0 Å². The maximum absolute atomic E-state index is 6.03. The van der Waals surface area contributed by atoms with Gasteiger partial charge in [0.1, 0.15) is 0 Å². The van der Waals surface area contributed by atoms with Crippen LogP contribution in [-0.2, 0) is 0 Å². The summed E-state index contributed by atoms with van der Waals surface area (Å²) in [7, 11) is 0. The van der Waals surface area contributed by atoms with Crippen molar-refractivity contribution >= 4 is 27.5 Å². The third kappa shape index (κ3) is 1.58. The number of nitrogens with zero attached hydrogens (tertiary/aromatic N) is 1. The summed E-state index contributed by atoms with van der Waals surface area (Å²) >= 11 is 0. The van der Waals surface area contributed by atoms with E-state index in [0.29, 0.717) is 0 Å². The lowest BCUT2D eigenvalue weighted by Gasteiger charge is -2.14. The average molecular weight is 260 g/mol. The summed E-state index contributed by atoms with van der Waals surface area (Å²) in [6.07, 6.45) is 6.34. The van der Waals surface area contributed by atoms with Crippen molar-refractivity contribution in [2.24, 2.45) is 5.73 Å². The number of rotatable bonds is 1. The van der Waals surface area contributed by atoms with Crippen LogP contribution in [0.3, 0.4) is 0 Å². The van der Waals surface area contributed by atoms with Crippen molar-refractivity contribution in [1.82, 2.24) is 4.57 Å². The van der Waals surface area contributed by atoms with Crippen molar-refractivity contribution in [3.8, 4) is 0 Å². The molecule has 1 aromatic heterocycles. The molecule has 2 nitrogen and oxygen atoms in total. The van der Waals surface area contributed by atoms with Crippen LogP contribution < -0.4 is 5.73 Å². The zero-order valence-electron chi connectivity index (χ0n) is 11.2. The molecule has 1 aliphatic rings. The molecule has 98 valence electrons. The van der Waals surface area contributed by atoms with Crippen LogP contribution in [0, 0.1) is 0 Å². The Kier molecular flexibility index (Phi) is 2.43. The van der Waals surface area contributed by atoms with Crippen LogP contribution >= 0.6 is 0 Å². The van der Waals surface area contributed by atoms with Crippen LogP contribution in [0.15, 0.2) is 66.4 Å².